The lowest BCUT2D eigenvalue weighted by Gasteiger charge is -2.17. The average Bonchev–Trinajstić information content (AvgIpc) is 3.58. The van der Waals surface area contributed by atoms with Crippen molar-refractivity contribution in [1.29, 1.82) is 0 Å². The molecule has 4 rings (SSSR count). The van der Waals surface area contributed by atoms with Crippen molar-refractivity contribution in [3.63, 3.8) is 0 Å². The summed E-state index contributed by atoms with van der Waals surface area (Å²) >= 11 is 0. The van der Waals surface area contributed by atoms with E-state index in [1.807, 2.05) is 0 Å². The molecule has 0 unspecified atom stereocenters. The number of ketones is 1. The van der Waals surface area contributed by atoms with Gasteiger partial charge in [0, 0.05) is 24.2 Å². The van der Waals surface area contributed by atoms with Crippen LogP contribution in [0.5, 0.6) is 5.75 Å². The quantitative estimate of drug-likeness (QED) is 0.235. The third-order valence-corrected chi connectivity index (χ3v) is 5.67. The number of ether oxygens (including phenoxy) is 3. The first-order valence-electron chi connectivity index (χ1n) is 11.9. The fraction of sp³-hybridized carbons (Fsp3) is 0.250. The third kappa shape index (κ3) is 6.33. The predicted octanol–water partition coefficient (Wildman–Crippen LogP) is 3.84. The number of rotatable bonds is 9. The minimum absolute atomic E-state index is 0.0457. The summed E-state index contributed by atoms with van der Waals surface area (Å²) in [6.07, 6.45) is 1.04. The first-order chi connectivity index (χ1) is 18.2. The highest BCUT2D eigenvalue weighted by molar-refractivity contribution is 6.01. The number of Topliss-reactive ketones (excluding diaryl/α,β-unsaturated/α-hetero) is 1. The third-order valence-electron chi connectivity index (χ3n) is 5.67. The fourth-order valence-corrected chi connectivity index (χ4v) is 3.77. The van der Waals surface area contributed by atoms with Crippen molar-refractivity contribution < 1.29 is 42.6 Å². The number of anilines is 1. The summed E-state index contributed by atoms with van der Waals surface area (Å²) < 4.78 is 20.5. The highest BCUT2D eigenvalue weighted by Gasteiger charge is 2.36. The summed E-state index contributed by atoms with van der Waals surface area (Å²) in [4.78, 5) is 62.9. The first kappa shape index (κ1) is 26.3. The number of esters is 3. The normalized spacial score (nSPS) is 14.9. The topological polar surface area (TPSA) is 129 Å². The van der Waals surface area contributed by atoms with Crippen LogP contribution >= 0.6 is 0 Å². The van der Waals surface area contributed by atoms with E-state index >= 15 is 0 Å². The van der Waals surface area contributed by atoms with Crippen molar-refractivity contribution in [2.75, 3.05) is 18.1 Å². The molecular formula is C28H25NO9. The van der Waals surface area contributed by atoms with Gasteiger partial charge in [0.2, 0.25) is 11.7 Å². The number of carbonyl (C=O) groups is 5. The number of nitrogens with zero attached hydrogens (tertiary/aromatic N) is 1. The Hall–Kier alpha value is -4.73. The Balaban J connectivity index is 1.27. The van der Waals surface area contributed by atoms with Crippen molar-refractivity contribution in [2.45, 2.75) is 26.4 Å². The van der Waals surface area contributed by atoms with Crippen LogP contribution in [0, 0.1) is 5.92 Å². The van der Waals surface area contributed by atoms with Gasteiger partial charge >= 0.3 is 17.9 Å². The zero-order chi connectivity index (χ0) is 27.2. The van der Waals surface area contributed by atoms with Crippen LogP contribution in [-0.2, 0) is 19.1 Å². The van der Waals surface area contributed by atoms with Gasteiger partial charge in [0.25, 0.3) is 0 Å². The molecule has 0 spiro atoms. The second-order valence-corrected chi connectivity index (χ2v) is 8.83. The molecule has 3 aromatic rings. The van der Waals surface area contributed by atoms with Crippen LogP contribution in [0.1, 0.15) is 51.5 Å². The SMILES string of the molecule is CC(C)OC(=O)c1ccc(N2C[C@H](C(=O)OCC(=O)c3ccc(OC(=O)c4ccco4)cc3)CC2=O)cc1. The van der Waals surface area contributed by atoms with Crippen molar-refractivity contribution in [3.8, 4) is 5.75 Å². The molecule has 0 radical (unpaired) electrons. The molecular weight excluding hydrogens is 494 g/mol. The number of hydrogen-bond donors (Lipinski definition) is 0. The Kier molecular flexibility index (Phi) is 8.00. The van der Waals surface area contributed by atoms with E-state index in [1.165, 1.54) is 41.5 Å². The van der Waals surface area contributed by atoms with Gasteiger partial charge in [0.1, 0.15) is 5.75 Å². The molecule has 38 heavy (non-hydrogen) atoms. The van der Waals surface area contributed by atoms with Gasteiger partial charge in [0.05, 0.1) is 23.8 Å². The first-order valence-corrected chi connectivity index (χ1v) is 11.9. The van der Waals surface area contributed by atoms with E-state index in [-0.39, 0.29) is 42.0 Å². The second kappa shape index (κ2) is 11.5. The summed E-state index contributed by atoms with van der Waals surface area (Å²) in [5.74, 6) is -2.98. The van der Waals surface area contributed by atoms with Crippen LogP contribution in [0.15, 0.2) is 71.3 Å². The maximum Gasteiger partial charge on any atom is 0.379 e. The van der Waals surface area contributed by atoms with E-state index in [2.05, 4.69) is 0 Å². The van der Waals surface area contributed by atoms with E-state index in [9.17, 15) is 24.0 Å². The summed E-state index contributed by atoms with van der Waals surface area (Å²) in [6, 6.07) is 15.1. The molecule has 196 valence electrons. The van der Waals surface area contributed by atoms with Gasteiger partial charge in [-0.3, -0.25) is 14.4 Å². The molecule has 0 bridgehead atoms. The Morgan fingerprint density at radius 1 is 0.947 bits per heavy atom. The van der Waals surface area contributed by atoms with E-state index in [1.54, 1.807) is 44.2 Å². The van der Waals surface area contributed by atoms with E-state index in [0.29, 0.717) is 11.3 Å². The van der Waals surface area contributed by atoms with Crippen LogP contribution < -0.4 is 9.64 Å². The largest absolute Gasteiger partial charge is 0.459 e. The maximum atomic E-state index is 12.6. The van der Waals surface area contributed by atoms with Crippen molar-refractivity contribution in [3.05, 3.63) is 83.8 Å². The fourth-order valence-electron chi connectivity index (χ4n) is 3.77. The van der Waals surface area contributed by atoms with E-state index in [0.717, 1.165) is 0 Å². The number of hydrogen-bond acceptors (Lipinski definition) is 9. The lowest BCUT2D eigenvalue weighted by atomic mass is 10.1. The lowest BCUT2D eigenvalue weighted by Crippen LogP contribution is -2.27. The molecule has 0 N–H and O–H groups in total. The molecule has 0 aliphatic carbocycles. The molecule has 1 amide bonds. The molecule has 2 aromatic carbocycles. The standard InChI is InChI=1S/C28H25NO9/c1-17(2)37-27(33)19-5-9-21(10-6-19)29-15-20(14-25(29)31)26(32)36-16-23(30)18-7-11-22(12-8-18)38-28(34)24-4-3-13-35-24/h3-13,17,20H,14-16H2,1-2H3/t20-/m1/s1. The van der Waals surface area contributed by atoms with Crippen LogP contribution in [0.4, 0.5) is 5.69 Å². The molecule has 1 atom stereocenters. The monoisotopic (exact) mass is 519 g/mol. The Bertz CT molecular complexity index is 1330. The van der Waals surface area contributed by atoms with E-state index < -0.39 is 36.2 Å². The molecule has 1 saturated heterocycles. The Morgan fingerprint density at radius 3 is 2.26 bits per heavy atom. The minimum atomic E-state index is -0.732. The van der Waals surface area contributed by atoms with Crippen molar-refractivity contribution in [2.24, 2.45) is 5.92 Å². The second-order valence-electron chi connectivity index (χ2n) is 8.83. The zero-order valence-electron chi connectivity index (χ0n) is 20.7. The molecule has 0 saturated carbocycles. The number of carbonyl (C=O) groups excluding carboxylic acids is 5. The zero-order valence-corrected chi connectivity index (χ0v) is 20.7. The smallest absolute Gasteiger partial charge is 0.379 e. The van der Waals surface area contributed by atoms with Crippen LogP contribution in [0.3, 0.4) is 0 Å². The van der Waals surface area contributed by atoms with Gasteiger partial charge < -0.3 is 23.5 Å². The van der Waals surface area contributed by atoms with Gasteiger partial charge in [-0.15, -0.1) is 0 Å². The van der Waals surface area contributed by atoms with Gasteiger partial charge in [-0.25, -0.2) is 9.59 Å². The van der Waals surface area contributed by atoms with Crippen LogP contribution in [0.25, 0.3) is 0 Å². The predicted molar refractivity (Wildman–Crippen MR) is 133 cm³/mol. The summed E-state index contributed by atoms with van der Waals surface area (Å²) in [6.45, 7) is 3.10. The molecule has 10 nitrogen and oxygen atoms in total. The average molecular weight is 520 g/mol. The molecule has 1 fully saturated rings. The summed E-state index contributed by atoms with van der Waals surface area (Å²) in [5, 5.41) is 0. The highest BCUT2D eigenvalue weighted by atomic mass is 16.6. The maximum absolute atomic E-state index is 12.6. The molecule has 1 aliphatic rings. The van der Waals surface area contributed by atoms with Gasteiger partial charge in [-0.05, 0) is 74.5 Å². The van der Waals surface area contributed by atoms with E-state index in [4.69, 9.17) is 18.6 Å². The molecule has 10 heteroatoms. The summed E-state index contributed by atoms with van der Waals surface area (Å²) in [7, 11) is 0. The Morgan fingerprint density at radius 2 is 1.63 bits per heavy atom. The molecule has 2 heterocycles. The molecule has 1 aromatic heterocycles. The number of benzene rings is 2. The van der Waals surface area contributed by atoms with Gasteiger partial charge in [-0.2, -0.15) is 0 Å². The van der Waals surface area contributed by atoms with Gasteiger partial charge in [-0.1, -0.05) is 0 Å². The van der Waals surface area contributed by atoms with Crippen LogP contribution in [-0.4, -0.2) is 48.9 Å². The lowest BCUT2D eigenvalue weighted by molar-refractivity contribution is -0.147. The van der Waals surface area contributed by atoms with Crippen LogP contribution in [0.2, 0.25) is 0 Å². The van der Waals surface area contributed by atoms with Crippen molar-refractivity contribution >= 4 is 35.3 Å². The highest BCUT2D eigenvalue weighted by Crippen LogP contribution is 2.26. The number of amides is 1. The molecule has 1 aliphatic heterocycles. The minimum Gasteiger partial charge on any atom is -0.459 e. The Labute approximate surface area is 218 Å². The van der Waals surface area contributed by atoms with Crippen molar-refractivity contribution in [1.82, 2.24) is 0 Å². The van der Waals surface area contributed by atoms with Gasteiger partial charge in [0.15, 0.2) is 12.4 Å². The summed E-state index contributed by atoms with van der Waals surface area (Å²) in [5.41, 5.74) is 1.15. The number of furan rings is 1.